The van der Waals surface area contributed by atoms with Gasteiger partial charge in [-0.15, -0.1) is 0 Å². The van der Waals surface area contributed by atoms with E-state index in [9.17, 15) is 4.79 Å². The number of aryl methyl sites for hydroxylation is 3. The van der Waals surface area contributed by atoms with Crippen LogP contribution in [0.1, 0.15) is 22.4 Å². The molecule has 2 aromatic carbocycles. The first-order chi connectivity index (χ1) is 10.6. The molecule has 0 atom stereocenters. The summed E-state index contributed by atoms with van der Waals surface area (Å²) in [6.07, 6.45) is 0. The van der Waals surface area contributed by atoms with Gasteiger partial charge >= 0.3 is 0 Å². The van der Waals surface area contributed by atoms with Crippen LogP contribution in [-0.4, -0.2) is 4.98 Å². The molecule has 1 aromatic heterocycles. The first-order valence-corrected chi connectivity index (χ1v) is 7.48. The standard InChI is InChI=1S/C19H20N2O/c1-12-7-9-15(10-8-12)20-11-17-14(3)21-18-13(2)5-4-6-16(18)19(17)22/h4-10,20H,11H2,1-3H3,(H,21,22). The maximum Gasteiger partial charge on any atom is 0.194 e. The lowest BCUT2D eigenvalue weighted by Crippen LogP contribution is -2.17. The lowest BCUT2D eigenvalue weighted by atomic mass is 10.1. The van der Waals surface area contributed by atoms with Gasteiger partial charge in [0.1, 0.15) is 0 Å². The van der Waals surface area contributed by atoms with Crippen LogP contribution in [0.3, 0.4) is 0 Å². The first-order valence-electron chi connectivity index (χ1n) is 7.48. The Bertz CT molecular complexity index is 876. The van der Waals surface area contributed by atoms with Crippen LogP contribution in [0.2, 0.25) is 0 Å². The highest BCUT2D eigenvalue weighted by Gasteiger charge is 2.10. The zero-order valence-corrected chi connectivity index (χ0v) is 13.2. The zero-order chi connectivity index (χ0) is 15.7. The molecule has 0 aliphatic heterocycles. The van der Waals surface area contributed by atoms with Gasteiger partial charge in [0.2, 0.25) is 0 Å². The number of rotatable bonds is 3. The van der Waals surface area contributed by atoms with Crippen LogP contribution >= 0.6 is 0 Å². The summed E-state index contributed by atoms with van der Waals surface area (Å²) < 4.78 is 0. The van der Waals surface area contributed by atoms with Gasteiger partial charge in [-0.3, -0.25) is 4.79 Å². The van der Waals surface area contributed by atoms with Crippen molar-refractivity contribution in [2.75, 3.05) is 5.32 Å². The van der Waals surface area contributed by atoms with Crippen molar-refractivity contribution >= 4 is 16.6 Å². The average molecular weight is 292 g/mol. The minimum atomic E-state index is 0.106. The number of anilines is 1. The van der Waals surface area contributed by atoms with E-state index in [-0.39, 0.29) is 5.43 Å². The smallest absolute Gasteiger partial charge is 0.194 e. The van der Waals surface area contributed by atoms with Crippen molar-refractivity contribution in [1.29, 1.82) is 0 Å². The van der Waals surface area contributed by atoms with Gasteiger partial charge in [0, 0.05) is 28.9 Å². The van der Waals surface area contributed by atoms with E-state index >= 15 is 0 Å². The third kappa shape index (κ3) is 2.62. The Hall–Kier alpha value is -2.55. The number of hydrogen-bond acceptors (Lipinski definition) is 2. The van der Waals surface area contributed by atoms with Crippen LogP contribution in [0.15, 0.2) is 47.3 Å². The minimum absolute atomic E-state index is 0.106. The van der Waals surface area contributed by atoms with Crippen molar-refractivity contribution in [2.45, 2.75) is 27.3 Å². The molecule has 0 amide bonds. The first kappa shape index (κ1) is 14.4. The fraction of sp³-hybridized carbons (Fsp3) is 0.211. The van der Waals surface area contributed by atoms with Gasteiger partial charge in [-0.05, 0) is 44.5 Å². The minimum Gasteiger partial charge on any atom is -0.381 e. The van der Waals surface area contributed by atoms with E-state index in [2.05, 4.69) is 29.4 Å². The molecule has 0 bridgehead atoms. The predicted octanol–water partition coefficient (Wildman–Crippen LogP) is 4.07. The average Bonchev–Trinajstić information content (AvgIpc) is 2.50. The topological polar surface area (TPSA) is 44.9 Å². The van der Waals surface area contributed by atoms with E-state index in [1.54, 1.807) is 0 Å². The van der Waals surface area contributed by atoms with Crippen LogP contribution in [0, 0.1) is 20.8 Å². The fourth-order valence-corrected chi connectivity index (χ4v) is 2.69. The number of nitrogens with one attached hydrogen (secondary N) is 2. The van der Waals surface area contributed by atoms with Crippen LogP contribution < -0.4 is 10.7 Å². The molecular formula is C19H20N2O. The van der Waals surface area contributed by atoms with Crippen LogP contribution in [-0.2, 0) is 6.54 Å². The molecule has 3 rings (SSSR count). The van der Waals surface area contributed by atoms with E-state index in [0.29, 0.717) is 6.54 Å². The number of aromatic nitrogens is 1. The molecular weight excluding hydrogens is 272 g/mol. The van der Waals surface area contributed by atoms with Gasteiger partial charge in [-0.1, -0.05) is 29.8 Å². The SMILES string of the molecule is Cc1ccc(NCc2c(C)[nH]c3c(C)cccc3c2=O)cc1. The molecule has 0 aliphatic carbocycles. The van der Waals surface area contributed by atoms with Gasteiger partial charge in [-0.25, -0.2) is 0 Å². The molecule has 112 valence electrons. The Morgan fingerprint density at radius 2 is 1.73 bits per heavy atom. The molecule has 0 spiro atoms. The Morgan fingerprint density at radius 3 is 2.45 bits per heavy atom. The van der Waals surface area contributed by atoms with Crippen LogP contribution in [0.4, 0.5) is 5.69 Å². The van der Waals surface area contributed by atoms with Gasteiger partial charge in [-0.2, -0.15) is 0 Å². The Morgan fingerprint density at radius 1 is 1.00 bits per heavy atom. The number of para-hydroxylation sites is 1. The summed E-state index contributed by atoms with van der Waals surface area (Å²) in [6.45, 7) is 6.56. The zero-order valence-electron chi connectivity index (χ0n) is 13.2. The van der Waals surface area contributed by atoms with E-state index in [1.165, 1.54) is 5.56 Å². The van der Waals surface area contributed by atoms with Gasteiger partial charge < -0.3 is 10.3 Å². The maximum absolute atomic E-state index is 12.7. The van der Waals surface area contributed by atoms with E-state index < -0.39 is 0 Å². The summed E-state index contributed by atoms with van der Waals surface area (Å²) in [6, 6.07) is 14.0. The Kier molecular flexibility index (Phi) is 3.72. The number of fused-ring (bicyclic) bond motifs is 1. The molecule has 2 N–H and O–H groups in total. The maximum atomic E-state index is 12.7. The van der Waals surface area contributed by atoms with Crippen molar-refractivity contribution in [3.05, 3.63) is 75.1 Å². The molecule has 0 radical (unpaired) electrons. The van der Waals surface area contributed by atoms with Crippen molar-refractivity contribution in [2.24, 2.45) is 0 Å². The molecule has 0 saturated heterocycles. The third-order valence-electron chi connectivity index (χ3n) is 4.08. The van der Waals surface area contributed by atoms with Crippen molar-refractivity contribution in [3.8, 4) is 0 Å². The highest BCUT2D eigenvalue weighted by atomic mass is 16.1. The summed E-state index contributed by atoms with van der Waals surface area (Å²) in [5.74, 6) is 0. The lowest BCUT2D eigenvalue weighted by molar-refractivity contribution is 1.06. The van der Waals surface area contributed by atoms with E-state index in [4.69, 9.17) is 0 Å². The molecule has 22 heavy (non-hydrogen) atoms. The number of benzene rings is 2. The summed E-state index contributed by atoms with van der Waals surface area (Å²) >= 11 is 0. The molecule has 3 aromatic rings. The number of pyridine rings is 1. The molecule has 0 unspecified atom stereocenters. The molecule has 0 fully saturated rings. The van der Waals surface area contributed by atoms with Gasteiger partial charge in [0.05, 0.1) is 5.52 Å². The van der Waals surface area contributed by atoms with Gasteiger partial charge in [0.25, 0.3) is 0 Å². The highest BCUT2D eigenvalue weighted by Crippen LogP contribution is 2.16. The predicted molar refractivity (Wildman–Crippen MR) is 92.5 cm³/mol. The van der Waals surface area contributed by atoms with E-state index in [1.807, 2.05) is 44.2 Å². The fourth-order valence-electron chi connectivity index (χ4n) is 2.69. The van der Waals surface area contributed by atoms with Crippen molar-refractivity contribution in [3.63, 3.8) is 0 Å². The number of H-pyrrole nitrogens is 1. The van der Waals surface area contributed by atoms with E-state index in [0.717, 1.165) is 33.4 Å². The Labute approximate surface area is 130 Å². The Balaban J connectivity index is 1.97. The lowest BCUT2D eigenvalue weighted by Gasteiger charge is -2.11. The van der Waals surface area contributed by atoms with Crippen LogP contribution in [0.5, 0.6) is 0 Å². The summed E-state index contributed by atoms with van der Waals surface area (Å²) in [7, 11) is 0. The molecule has 1 heterocycles. The second-order valence-corrected chi connectivity index (χ2v) is 5.77. The quantitative estimate of drug-likeness (QED) is 0.764. The summed E-state index contributed by atoms with van der Waals surface area (Å²) in [5, 5.41) is 4.08. The summed E-state index contributed by atoms with van der Waals surface area (Å²) in [5.41, 5.74) is 6.09. The molecule has 3 nitrogen and oxygen atoms in total. The van der Waals surface area contributed by atoms with Gasteiger partial charge in [0.15, 0.2) is 5.43 Å². The largest absolute Gasteiger partial charge is 0.381 e. The number of aromatic amines is 1. The van der Waals surface area contributed by atoms with Crippen molar-refractivity contribution in [1.82, 2.24) is 4.98 Å². The monoisotopic (exact) mass is 292 g/mol. The second kappa shape index (κ2) is 5.68. The number of hydrogen-bond donors (Lipinski definition) is 2. The normalized spacial score (nSPS) is 10.9. The van der Waals surface area contributed by atoms with Crippen LogP contribution in [0.25, 0.3) is 10.9 Å². The summed E-state index contributed by atoms with van der Waals surface area (Å²) in [4.78, 5) is 16.1. The molecule has 0 aliphatic rings. The highest BCUT2D eigenvalue weighted by molar-refractivity contribution is 5.82. The molecule has 3 heteroatoms. The van der Waals surface area contributed by atoms with Crippen molar-refractivity contribution < 1.29 is 0 Å². The third-order valence-corrected chi connectivity index (χ3v) is 4.08. The molecule has 0 saturated carbocycles. The second-order valence-electron chi connectivity index (χ2n) is 5.77.